The second-order valence-corrected chi connectivity index (χ2v) is 13.3. The summed E-state index contributed by atoms with van der Waals surface area (Å²) < 4.78 is 45.2. The van der Waals surface area contributed by atoms with Gasteiger partial charge in [-0.3, -0.25) is 25.5 Å². The number of alkyl halides is 4. The molecule has 5 aliphatic heterocycles. The molecule has 5 saturated heterocycles. The molecule has 2 amide bonds. The monoisotopic (exact) mass is 597 g/mol. The zero-order valence-electron chi connectivity index (χ0n) is 22.1. The van der Waals surface area contributed by atoms with Crippen molar-refractivity contribution in [2.24, 2.45) is 17.8 Å². The van der Waals surface area contributed by atoms with Gasteiger partial charge in [0.2, 0.25) is 11.8 Å². The first kappa shape index (κ1) is 29.6. The second-order valence-electron chi connectivity index (χ2n) is 11.4. The number of likely N-dealkylation sites (tertiary alicyclic amines) is 1. The number of nitrogens with one attached hydrogen (secondary N) is 6. The van der Waals surface area contributed by atoms with Crippen molar-refractivity contribution in [3.05, 3.63) is 0 Å². The molecule has 0 aliphatic carbocycles. The minimum absolute atomic E-state index is 0.00674. The molecule has 0 aromatic heterocycles. The summed E-state index contributed by atoms with van der Waals surface area (Å²) in [6.07, 6.45) is -2.82. The summed E-state index contributed by atoms with van der Waals surface area (Å²) in [6, 6.07) is -2.41. The molecule has 0 saturated carbocycles. The number of hydrogen-bond donors (Lipinski definition) is 6. The fourth-order valence-electron chi connectivity index (χ4n) is 6.77. The number of hydrogen-bond acceptors (Lipinski definition) is 9. The van der Waals surface area contributed by atoms with E-state index in [4.69, 9.17) is 16.3 Å². The standard InChI is InChI=1S/C24H39ClF3N7O3S/c1-11-3-12(13-4-20(25)31-7-17(13)38-2)14(5-30-11)21(36)34-23-33-16-9-35(10-18(16)39-23)22(37)15-6-29-8-19(32-15)24(26,27)28/h11-20,23,29-33H,3-10H2,1-2H3,(H,34,36). The van der Waals surface area contributed by atoms with Crippen LogP contribution in [0.25, 0.3) is 0 Å². The highest BCUT2D eigenvalue weighted by atomic mass is 35.5. The fourth-order valence-corrected chi connectivity index (χ4v) is 8.47. The molecule has 5 aliphatic rings. The molecule has 0 aromatic carbocycles. The summed E-state index contributed by atoms with van der Waals surface area (Å²) in [7, 11) is 1.70. The van der Waals surface area contributed by atoms with Gasteiger partial charge in [-0.2, -0.15) is 13.2 Å². The van der Waals surface area contributed by atoms with Gasteiger partial charge >= 0.3 is 6.18 Å². The van der Waals surface area contributed by atoms with E-state index in [0.29, 0.717) is 32.2 Å². The van der Waals surface area contributed by atoms with E-state index >= 15 is 0 Å². The predicted octanol–water partition coefficient (Wildman–Crippen LogP) is -0.402. The highest BCUT2D eigenvalue weighted by Gasteiger charge is 2.49. The molecular weight excluding hydrogens is 559 g/mol. The number of carbonyl (C=O) groups excluding carboxylic acids is 2. The van der Waals surface area contributed by atoms with Crippen LogP contribution in [0.4, 0.5) is 13.2 Å². The van der Waals surface area contributed by atoms with Gasteiger partial charge in [0, 0.05) is 63.7 Å². The number of methoxy groups -OCH3 is 1. The van der Waals surface area contributed by atoms with E-state index in [9.17, 15) is 22.8 Å². The third-order valence-corrected chi connectivity index (χ3v) is 10.5. The Hall–Kier alpha value is -0.870. The first-order chi connectivity index (χ1) is 18.5. The number of rotatable bonds is 5. The van der Waals surface area contributed by atoms with Crippen LogP contribution in [-0.4, -0.2) is 116 Å². The smallest absolute Gasteiger partial charge is 0.380 e. The van der Waals surface area contributed by atoms with Crippen LogP contribution < -0.4 is 31.9 Å². The van der Waals surface area contributed by atoms with Crippen LogP contribution in [0.5, 0.6) is 0 Å². The maximum atomic E-state index is 13.5. The van der Waals surface area contributed by atoms with Crippen molar-refractivity contribution in [3.63, 3.8) is 0 Å². The lowest BCUT2D eigenvalue weighted by Crippen LogP contribution is -2.64. The van der Waals surface area contributed by atoms with E-state index in [2.05, 4.69) is 38.8 Å². The lowest BCUT2D eigenvalue weighted by Gasteiger charge is -2.45. The van der Waals surface area contributed by atoms with Crippen LogP contribution in [0.3, 0.4) is 0 Å². The highest BCUT2D eigenvalue weighted by Crippen LogP contribution is 2.38. The number of amides is 2. The number of ether oxygens (including phenoxy) is 1. The largest absolute Gasteiger partial charge is 0.405 e. The van der Waals surface area contributed by atoms with Crippen LogP contribution >= 0.6 is 23.4 Å². The van der Waals surface area contributed by atoms with Gasteiger partial charge in [0.1, 0.15) is 11.5 Å². The molecule has 5 fully saturated rings. The van der Waals surface area contributed by atoms with Crippen molar-refractivity contribution in [2.45, 2.75) is 72.5 Å². The Labute approximate surface area is 236 Å². The van der Waals surface area contributed by atoms with E-state index in [0.717, 1.165) is 12.8 Å². The Bertz CT molecular complexity index is 894. The summed E-state index contributed by atoms with van der Waals surface area (Å²) in [5.74, 6) is -0.273. The lowest BCUT2D eigenvalue weighted by molar-refractivity contribution is -0.162. The van der Waals surface area contributed by atoms with E-state index in [1.54, 1.807) is 23.8 Å². The van der Waals surface area contributed by atoms with Crippen LogP contribution in [0.15, 0.2) is 0 Å². The Morgan fingerprint density at radius 3 is 2.56 bits per heavy atom. The van der Waals surface area contributed by atoms with Crippen molar-refractivity contribution < 1.29 is 27.5 Å². The first-order valence-electron chi connectivity index (χ1n) is 13.7. The van der Waals surface area contributed by atoms with Gasteiger partial charge in [-0.25, -0.2) is 0 Å². The Morgan fingerprint density at radius 1 is 1.05 bits per heavy atom. The second kappa shape index (κ2) is 12.2. The number of piperidine rings is 2. The fraction of sp³-hybridized carbons (Fsp3) is 0.917. The predicted molar refractivity (Wildman–Crippen MR) is 142 cm³/mol. The van der Waals surface area contributed by atoms with Crippen molar-refractivity contribution in [3.8, 4) is 0 Å². The minimum Gasteiger partial charge on any atom is -0.380 e. The molecule has 0 aromatic rings. The van der Waals surface area contributed by atoms with E-state index in [1.165, 1.54) is 0 Å². The van der Waals surface area contributed by atoms with Crippen molar-refractivity contribution in [1.82, 2.24) is 36.8 Å². The van der Waals surface area contributed by atoms with Crippen LogP contribution in [0, 0.1) is 17.8 Å². The molecule has 10 nitrogen and oxygen atoms in total. The molecular formula is C24H39ClF3N7O3S. The van der Waals surface area contributed by atoms with Gasteiger partial charge in [-0.15, -0.1) is 23.4 Å². The van der Waals surface area contributed by atoms with E-state index < -0.39 is 18.3 Å². The molecule has 0 bridgehead atoms. The SMILES string of the molecule is COC1CNC(Cl)CC1C1CC(C)NCC1C(=O)NC1NC2CN(C(=O)C3CNCC(C(F)(F)F)N3)CC2S1. The number of piperazine rings is 1. The zero-order valence-corrected chi connectivity index (χ0v) is 23.7. The van der Waals surface area contributed by atoms with E-state index in [1.807, 2.05) is 0 Å². The number of halogens is 4. The van der Waals surface area contributed by atoms with Crippen LogP contribution in [-0.2, 0) is 14.3 Å². The molecule has 11 unspecified atom stereocenters. The van der Waals surface area contributed by atoms with E-state index in [-0.39, 0.29) is 71.1 Å². The molecule has 222 valence electrons. The lowest BCUT2D eigenvalue weighted by atomic mass is 9.70. The number of fused-ring (bicyclic) bond motifs is 1. The third-order valence-electron chi connectivity index (χ3n) is 8.84. The van der Waals surface area contributed by atoms with Gasteiger partial charge < -0.3 is 25.6 Å². The van der Waals surface area contributed by atoms with Gasteiger partial charge in [0.15, 0.2) is 0 Å². The van der Waals surface area contributed by atoms with Gasteiger partial charge in [0.25, 0.3) is 0 Å². The zero-order chi connectivity index (χ0) is 27.9. The van der Waals surface area contributed by atoms with Gasteiger partial charge in [-0.1, -0.05) is 0 Å². The first-order valence-corrected chi connectivity index (χ1v) is 15.1. The number of thioether (sulfide) groups is 1. The number of nitrogens with zero attached hydrogens (tertiary/aromatic N) is 1. The topological polar surface area (TPSA) is 119 Å². The highest BCUT2D eigenvalue weighted by molar-refractivity contribution is 8.00. The Balaban J connectivity index is 1.15. The van der Waals surface area contributed by atoms with Gasteiger partial charge in [-0.05, 0) is 31.6 Å². The average molecular weight is 598 g/mol. The third kappa shape index (κ3) is 6.63. The van der Waals surface area contributed by atoms with Crippen LogP contribution in [0.1, 0.15) is 19.8 Å². The molecule has 5 rings (SSSR count). The summed E-state index contributed by atoms with van der Waals surface area (Å²) >= 11 is 8.00. The van der Waals surface area contributed by atoms with Crippen molar-refractivity contribution in [2.75, 3.05) is 46.4 Å². The maximum absolute atomic E-state index is 13.5. The Kier molecular flexibility index (Phi) is 9.24. The molecule has 5 heterocycles. The molecule has 15 heteroatoms. The normalized spacial score (nSPS) is 43.2. The summed E-state index contributed by atoms with van der Waals surface area (Å²) in [6.45, 7) is 4.11. The Morgan fingerprint density at radius 2 is 1.85 bits per heavy atom. The number of carbonyl (C=O) groups is 2. The minimum atomic E-state index is -4.41. The van der Waals surface area contributed by atoms with Crippen molar-refractivity contribution in [1.29, 1.82) is 0 Å². The molecule has 11 atom stereocenters. The maximum Gasteiger partial charge on any atom is 0.405 e. The van der Waals surface area contributed by atoms with Crippen LogP contribution in [0.2, 0.25) is 0 Å². The molecule has 0 spiro atoms. The summed E-state index contributed by atoms with van der Waals surface area (Å²) in [5.41, 5.74) is -0.438. The summed E-state index contributed by atoms with van der Waals surface area (Å²) in [5, 5.41) is 18.5. The molecule has 39 heavy (non-hydrogen) atoms. The summed E-state index contributed by atoms with van der Waals surface area (Å²) in [4.78, 5) is 28.1. The average Bonchev–Trinajstić information content (AvgIpc) is 3.46. The van der Waals surface area contributed by atoms with Gasteiger partial charge in [0.05, 0.1) is 23.6 Å². The quantitative estimate of drug-likeness (QED) is 0.186. The van der Waals surface area contributed by atoms with Crippen molar-refractivity contribution >= 4 is 35.2 Å². The molecule has 6 N–H and O–H groups in total. The molecule has 0 radical (unpaired) electrons.